The van der Waals surface area contributed by atoms with Crippen molar-refractivity contribution in [2.24, 2.45) is 0 Å². The summed E-state index contributed by atoms with van der Waals surface area (Å²) in [6.07, 6.45) is -8.27. The van der Waals surface area contributed by atoms with E-state index in [9.17, 15) is 38.4 Å². The fraction of sp³-hybridized carbons (Fsp3) is 0.680. The van der Waals surface area contributed by atoms with Crippen LogP contribution in [0.4, 0.5) is 0 Å². The van der Waals surface area contributed by atoms with E-state index in [2.05, 4.69) is 15.9 Å². The average Bonchev–Trinajstić information content (AvgIpc) is 2.83. The first-order chi connectivity index (χ1) is 18.2. The van der Waals surface area contributed by atoms with Crippen molar-refractivity contribution in [3.63, 3.8) is 0 Å². The third-order valence-electron chi connectivity index (χ3n) is 5.21. The number of alkyl halides is 1. The Bertz CT molecular complexity index is 960. The smallest absolute Gasteiger partial charge is 0.308 e. The zero-order chi connectivity index (χ0) is 29.7. The lowest BCUT2D eigenvalue weighted by molar-refractivity contribution is -0.281. The highest BCUT2D eigenvalue weighted by Gasteiger charge is 2.53. The Morgan fingerprint density at radius 1 is 0.487 bits per heavy atom. The number of hydrogen-bond donors (Lipinski definition) is 0. The Kier molecular flexibility index (Phi) is 14.7. The lowest BCUT2D eigenvalue weighted by atomic mass is 10.0. The van der Waals surface area contributed by atoms with Crippen LogP contribution in [0.25, 0.3) is 0 Å². The summed E-state index contributed by atoms with van der Waals surface area (Å²) in [6.45, 7) is 5.10. The van der Waals surface area contributed by atoms with Crippen LogP contribution in [0.5, 0.6) is 0 Å². The standard InChI is InChI=1S/C25H33BrO13/c1-13(27)5-9-17(31)35-21-22(36-18(32)10-6-14(2)28)24(26)39-25(38-20(34)12-8-16(4)30)23(21)37-19(33)11-7-15(3)29/h21-25H,5-12H2,1-4H3/t21-,22-,23-,24+,25+/m1/s1. The fourth-order valence-corrected chi connectivity index (χ4v) is 3.80. The molecule has 1 aliphatic rings. The second-order valence-electron chi connectivity index (χ2n) is 9.02. The molecule has 0 unspecified atom stereocenters. The molecule has 1 heterocycles. The van der Waals surface area contributed by atoms with Gasteiger partial charge in [0.1, 0.15) is 23.1 Å². The van der Waals surface area contributed by atoms with E-state index in [1.165, 1.54) is 27.7 Å². The second-order valence-corrected chi connectivity index (χ2v) is 9.92. The van der Waals surface area contributed by atoms with Gasteiger partial charge in [0.2, 0.25) is 12.4 Å². The maximum absolute atomic E-state index is 12.6. The molecule has 39 heavy (non-hydrogen) atoms. The monoisotopic (exact) mass is 620 g/mol. The third kappa shape index (κ3) is 13.6. The summed E-state index contributed by atoms with van der Waals surface area (Å²) in [5.41, 5.74) is 0. The maximum atomic E-state index is 12.6. The maximum Gasteiger partial charge on any atom is 0.308 e. The van der Waals surface area contributed by atoms with Crippen LogP contribution >= 0.6 is 15.9 Å². The summed E-state index contributed by atoms with van der Waals surface area (Å²) in [5.74, 6) is -4.74. The van der Waals surface area contributed by atoms with Gasteiger partial charge >= 0.3 is 23.9 Å². The lowest BCUT2D eigenvalue weighted by Crippen LogP contribution is -2.61. The SMILES string of the molecule is CC(=O)CCC(=O)O[C@H]1O[C@H](Br)[C@H](OC(=O)CCC(C)=O)[C@@H](OC(=O)CCC(C)=O)[C@H]1OC(=O)CCC(C)=O. The van der Waals surface area contributed by atoms with Crippen LogP contribution in [-0.2, 0) is 62.0 Å². The molecular formula is C25H33BrO13. The number of halogens is 1. The zero-order valence-electron chi connectivity index (χ0n) is 22.2. The van der Waals surface area contributed by atoms with E-state index in [1.54, 1.807) is 0 Å². The van der Waals surface area contributed by atoms with Gasteiger partial charge in [0, 0.05) is 25.7 Å². The van der Waals surface area contributed by atoms with Crippen molar-refractivity contribution in [1.82, 2.24) is 0 Å². The van der Waals surface area contributed by atoms with Gasteiger partial charge in [0.05, 0.1) is 25.7 Å². The van der Waals surface area contributed by atoms with Crippen LogP contribution in [0.2, 0.25) is 0 Å². The largest absolute Gasteiger partial charge is 0.454 e. The minimum absolute atomic E-state index is 0.123. The van der Waals surface area contributed by atoms with Crippen molar-refractivity contribution >= 4 is 62.9 Å². The molecule has 0 bridgehead atoms. The van der Waals surface area contributed by atoms with E-state index in [-0.39, 0.29) is 74.5 Å². The number of Topliss-reactive ketones (excluding diaryl/α,β-unsaturated/α-hetero) is 4. The molecule has 0 N–H and O–H groups in total. The van der Waals surface area contributed by atoms with Gasteiger partial charge in [0.25, 0.3) is 0 Å². The average molecular weight is 621 g/mol. The highest BCUT2D eigenvalue weighted by Crippen LogP contribution is 2.33. The highest BCUT2D eigenvalue weighted by molar-refractivity contribution is 9.09. The molecule has 0 amide bonds. The molecule has 13 nitrogen and oxygen atoms in total. The number of ketones is 4. The molecule has 0 radical (unpaired) electrons. The van der Waals surface area contributed by atoms with Gasteiger partial charge in [-0.15, -0.1) is 0 Å². The van der Waals surface area contributed by atoms with E-state index in [1.807, 2.05) is 0 Å². The summed E-state index contributed by atoms with van der Waals surface area (Å²) in [6, 6.07) is 0. The van der Waals surface area contributed by atoms with E-state index < -0.39 is 53.5 Å². The number of hydrogen-bond acceptors (Lipinski definition) is 13. The van der Waals surface area contributed by atoms with Crippen LogP contribution in [-0.4, -0.2) is 76.6 Å². The van der Waals surface area contributed by atoms with Crippen LogP contribution in [0.3, 0.4) is 0 Å². The van der Waals surface area contributed by atoms with Gasteiger partial charge in [-0.3, -0.25) is 19.2 Å². The van der Waals surface area contributed by atoms with Crippen LogP contribution < -0.4 is 0 Å². The van der Waals surface area contributed by atoms with Crippen molar-refractivity contribution in [3.05, 3.63) is 0 Å². The molecule has 218 valence electrons. The van der Waals surface area contributed by atoms with Crippen LogP contribution in [0.15, 0.2) is 0 Å². The van der Waals surface area contributed by atoms with Crippen molar-refractivity contribution in [1.29, 1.82) is 0 Å². The van der Waals surface area contributed by atoms with Crippen molar-refractivity contribution < 1.29 is 62.0 Å². The number of carbonyl (C=O) groups excluding carboxylic acids is 8. The van der Waals surface area contributed by atoms with E-state index >= 15 is 0 Å². The van der Waals surface area contributed by atoms with Gasteiger partial charge in [-0.05, 0) is 27.7 Å². The molecule has 1 fully saturated rings. The molecule has 0 spiro atoms. The number of rotatable bonds is 16. The molecule has 14 heteroatoms. The zero-order valence-corrected chi connectivity index (χ0v) is 23.8. The van der Waals surface area contributed by atoms with Crippen LogP contribution in [0, 0.1) is 0 Å². The first kappa shape index (κ1) is 34.0. The number of esters is 4. The Morgan fingerprint density at radius 3 is 1.15 bits per heavy atom. The fourth-order valence-electron chi connectivity index (χ4n) is 3.18. The van der Waals surface area contributed by atoms with Gasteiger partial charge in [-0.25, -0.2) is 0 Å². The Balaban J connectivity index is 3.32. The predicted molar refractivity (Wildman–Crippen MR) is 133 cm³/mol. The topological polar surface area (TPSA) is 183 Å². The molecular weight excluding hydrogens is 588 g/mol. The van der Waals surface area contributed by atoms with Gasteiger partial charge < -0.3 is 42.9 Å². The summed E-state index contributed by atoms with van der Waals surface area (Å²) in [4.78, 5) is 95.1. The van der Waals surface area contributed by atoms with Crippen LogP contribution in [0.1, 0.15) is 79.1 Å². The summed E-state index contributed by atoms with van der Waals surface area (Å²) >= 11 is 3.15. The first-order valence-corrected chi connectivity index (χ1v) is 13.2. The molecule has 0 aromatic carbocycles. The molecule has 1 saturated heterocycles. The summed E-state index contributed by atoms with van der Waals surface area (Å²) in [7, 11) is 0. The molecule has 0 saturated carbocycles. The van der Waals surface area contributed by atoms with Gasteiger partial charge in [0.15, 0.2) is 17.2 Å². The number of carbonyl (C=O) groups is 8. The number of ether oxygens (including phenoxy) is 5. The van der Waals surface area contributed by atoms with Gasteiger partial charge in [-0.2, -0.15) is 0 Å². The Labute approximate surface area is 233 Å². The first-order valence-electron chi connectivity index (χ1n) is 12.2. The minimum atomic E-state index is -1.67. The summed E-state index contributed by atoms with van der Waals surface area (Å²) in [5, 5.41) is -1.25. The Hall–Kier alpha value is -3.00. The molecule has 1 rings (SSSR count). The highest BCUT2D eigenvalue weighted by atomic mass is 79.9. The molecule has 0 aromatic heterocycles. The van der Waals surface area contributed by atoms with Crippen molar-refractivity contribution in [2.75, 3.05) is 0 Å². The minimum Gasteiger partial charge on any atom is -0.454 e. The quantitative estimate of drug-likeness (QED) is 0.138. The van der Waals surface area contributed by atoms with E-state index in [0.29, 0.717) is 0 Å². The molecule has 5 atom stereocenters. The predicted octanol–water partition coefficient (Wildman–Crippen LogP) is 1.82. The van der Waals surface area contributed by atoms with Crippen molar-refractivity contribution in [3.8, 4) is 0 Å². The second kappa shape index (κ2) is 16.9. The molecule has 0 aromatic rings. The molecule has 1 aliphatic heterocycles. The van der Waals surface area contributed by atoms with Crippen molar-refractivity contribution in [2.45, 2.75) is 109 Å². The normalized spacial score (nSPS) is 22.2. The van der Waals surface area contributed by atoms with Gasteiger partial charge in [-0.1, -0.05) is 15.9 Å². The Morgan fingerprint density at radius 2 is 0.795 bits per heavy atom. The van der Waals surface area contributed by atoms with E-state index in [0.717, 1.165) is 0 Å². The molecule has 0 aliphatic carbocycles. The summed E-state index contributed by atoms with van der Waals surface area (Å²) < 4.78 is 27.2. The third-order valence-corrected chi connectivity index (χ3v) is 5.95. The van der Waals surface area contributed by atoms with E-state index in [4.69, 9.17) is 23.7 Å². The lowest BCUT2D eigenvalue weighted by Gasteiger charge is -2.42.